The second-order valence-electron chi connectivity index (χ2n) is 4.05. The predicted molar refractivity (Wildman–Crippen MR) is 66.1 cm³/mol. The smallest absolute Gasteiger partial charge is 0.343 e. The lowest BCUT2D eigenvalue weighted by Gasteiger charge is -2.07. The van der Waals surface area contributed by atoms with Crippen molar-refractivity contribution in [1.82, 2.24) is 9.78 Å². The third-order valence-electron chi connectivity index (χ3n) is 2.66. The molecule has 0 spiro atoms. The van der Waals surface area contributed by atoms with Gasteiger partial charge in [-0.25, -0.2) is 13.9 Å². The molecule has 1 aromatic carbocycles. The molecule has 0 atom stereocenters. The van der Waals surface area contributed by atoms with Gasteiger partial charge in [-0.3, -0.25) is 0 Å². The number of benzene rings is 1. The highest BCUT2D eigenvalue weighted by molar-refractivity contribution is 5.91. The molecule has 2 rings (SSSR count). The van der Waals surface area contributed by atoms with E-state index < -0.39 is 11.8 Å². The molecule has 0 saturated carbocycles. The van der Waals surface area contributed by atoms with Crippen molar-refractivity contribution in [3.63, 3.8) is 0 Å². The Labute approximate surface area is 113 Å². The minimum atomic E-state index is -1.18. The molecule has 0 fully saturated rings. The number of hydrogen-bond donors (Lipinski definition) is 1. The molecule has 0 aliphatic carbocycles. The lowest BCUT2D eigenvalue weighted by atomic mass is 10.2. The average molecular weight is 275 g/mol. The van der Waals surface area contributed by atoms with Crippen LogP contribution in [0.2, 0.25) is 0 Å². The van der Waals surface area contributed by atoms with Crippen LogP contribution in [0.15, 0.2) is 18.2 Å². The number of carbonyl (C=O) groups is 1. The Bertz CT molecular complexity index is 731. The summed E-state index contributed by atoms with van der Waals surface area (Å²) in [4.78, 5) is 11.2. The Balaban J connectivity index is 2.43. The Morgan fingerprint density at radius 2 is 2.25 bits per heavy atom. The van der Waals surface area contributed by atoms with Crippen LogP contribution < -0.4 is 4.74 Å². The summed E-state index contributed by atoms with van der Waals surface area (Å²) in [7, 11) is 1.52. The molecule has 6 nitrogen and oxygen atoms in total. The zero-order valence-electron chi connectivity index (χ0n) is 10.7. The van der Waals surface area contributed by atoms with Crippen molar-refractivity contribution in [2.45, 2.75) is 6.92 Å². The van der Waals surface area contributed by atoms with E-state index in [1.807, 2.05) is 0 Å². The van der Waals surface area contributed by atoms with Crippen LogP contribution in [0, 0.1) is 24.1 Å². The summed E-state index contributed by atoms with van der Waals surface area (Å²) in [6, 6.07) is 5.35. The Morgan fingerprint density at radius 1 is 1.55 bits per heavy atom. The Kier molecular flexibility index (Phi) is 3.39. The van der Waals surface area contributed by atoms with Crippen LogP contribution in [0.4, 0.5) is 4.39 Å². The molecule has 1 N–H and O–H groups in total. The maximum absolute atomic E-state index is 13.5. The van der Waals surface area contributed by atoms with Crippen molar-refractivity contribution in [3.05, 3.63) is 40.8 Å². The molecule has 0 aliphatic heterocycles. The van der Waals surface area contributed by atoms with Crippen molar-refractivity contribution in [2.75, 3.05) is 0 Å². The second kappa shape index (κ2) is 5.01. The van der Waals surface area contributed by atoms with Crippen LogP contribution in [-0.4, -0.2) is 20.9 Å². The third-order valence-corrected chi connectivity index (χ3v) is 2.66. The summed E-state index contributed by atoms with van der Waals surface area (Å²) >= 11 is 0. The number of aromatic nitrogens is 2. The van der Waals surface area contributed by atoms with Gasteiger partial charge >= 0.3 is 5.97 Å². The zero-order chi connectivity index (χ0) is 14.9. The normalized spacial score (nSPS) is 10.1. The summed E-state index contributed by atoms with van der Waals surface area (Å²) in [5.74, 6) is -1.83. The highest BCUT2D eigenvalue weighted by Crippen LogP contribution is 2.28. The average Bonchev–Trinajstić information content (AvgIpc) is 2.64. The molecule has 0 aliphatic rings. The van der Waals surface area contributed by atoms with Crippen LogP contribution in [0.25, 0.3) is 0 Å². The second-order valence-corrected chi connectivity index (χ2v) is 4.05. The van der Waals surface area contributed by atoms with E-state index in [-0.39, 0.29) is 22.8 Å². The number of carboxylic acid groups (broad SMARTS) is 1. The van der Waals surface area contributed by atoms with E-state index in [0.29, 0.717) is 5.69 Å². The molecule has 20 heavy (non-hydrogen) atoms. The molecule has 0 radical (unpaired) electrons. The maximum atomic E-state index is 13.5. The number of nitriles is 1. The quantitative estimate of drug-likeness (QED) is 0.927. The summed E-state index contributed by atoms with van der Waals surface area (Å²) in [6.07, 6.45) is 0. The van der Waals surface area contributed by atoms with Gasteiger partial charge in [0.1, 0.15) is 23.2 Å². The van der Waals surface area contributed by atoms with Gasteiger partial charge in [0, 0.05) is 13.1 Å². The van der Waals surface area contributed by atoms with Gasteiger partial charge in [0.15, 0.2) is 0 Å². The number of hydrogen-bond acceptors (Lipinski definition) is 4. The lowest BCUT2D eigenvalue weighted by molar-refractivity contribution is 0.0693. The van der Waals surface area contributed by atoms with Crippen molar-refractivity contribution in [1.29, 1.82) is 5.26 Å². The van der Waals surface area contributed by atoms with Gasteiger partial charge in [-0.2, -0.15) is 10.4 Å². The van der Waals surface area contributed by atoms with Gasteiger partial charge in [-0.05, 0) is 19.1 Å². The van der Waals surface area contributed by atoms with Gasteiger partial charge in [0.25, 0.3) is 0 Å². The number of carboxylic acids is 1. The molecule has 1 heterocycles. The molecule has 7 heteroatoms. The summed E-state index contributed by atoms with van der Waals surface area (Å²) in [5.41, 5.74) is 0.0957. The highest BCUT2D eigenvalue weighted by Gasteiger charge is 2.21. The standard InChI is InChI=1S/C13H10FN3O3/c1-7-11(13(18)19)12(17(2)16-7)20-9-4-3-8(6-15)10(14)5-9/h3-5H,1-2H3,(H,18,19). The largest absolute Gasteiger partial charge is 0.477 e. The van der Waals surface area contributed by atoms with E-state index in [4.69, 9.17) is 15.1 Å². The van der Waals surface area contributed by atoms with Crippen molar-refractivity contribution in [3.8, 4) is 17.7 Å². The van der Waals surface area contributed by atoms with E-state index in [2.05, 4.69) is 5.10 Å². The van der Waals surface area contributed by atoms with Gasteiger partial charge in [0.05, 0.1) is 11.3 Å². The van der Waals surface area contributed by atoms with Gasteiger partial charge in [-0.15, -0.1) is 0 Å². The molecule has 2 aromatic rings. The molecule has 0 unspecified atom stereocenters. The fourth-order valence-electron chi connectivity index (χ4n) is 1.76. The number of aryl methyl sites for hydroxylation is 2. The Hall–Kier alpha value is -2.88. The predicted octanol–water partition coefficient (Wildman–Crippen LogP) is 2.23. The summed E-state index contributed by atoms with van der Waals surface area (Å²) in [5, 5.41) is 21.7. The first kappa shape index (κ1) is 13.5. The molecular weight excluding hydrogens is 265 g/mol. The maximum Gasteiger partial charge on any atom is 0.343 e. The number of ether oxygens (including phenoxy) is 1. The summed E-state index contributed by atoms with van der Waals surface area (Å²) in [6.45, 7) is 1.54. The fourth-order valence-corrected chi connectivity index (χ4v) is 1.76. The fraction of sp³-hybridized carbons (Fsp3) is 0.154. The minimum Gasteiger partial charge on any atom is -0.477 e. The van der Waals surface area contributed by atoms with Crippen LogP contribution in [0.1, 0.15) is 21.6 Å². The van der Waals surface area contributed by atoms with E-state index in [1.54, 1.807) is 6.07 Å². The van der Waals surface area contributed by atoms with Crippen LogP contribution in [0.3, 0.4) is 0 Å². The molecule has 102 valence electrons. The van der Waals surface area contributed by atoms with E-state index in [1.165, 1.54) is 30.8 Å². The van der Waals surface area contributed by atoms with Crippen molar-refractivity contribution < 1.29 is 19.0 Å². The van der Waals surface area contributed by atoms with Crippen LogP contribution >= 0.6 is 0 Å². The minimum absolute atomic E-state index is 0.000826. The van der Waals surface area contributed by atoms with Gasteiger partial charge in [-0.1, -0.05) is 0 Å². The first-order valence-electron chi connectivity index (χ1n) is 5.58. The van der Waals surface area contributed by atoms with E-state index in [9.17, 15) is 9.18 Å². The number of rotatable bonds is 3. The van der Waals surface area contributed by atoms with Crippen molar-refractivity contribution in [2.24, 2.45) is 7.05 Å². The van der Waals surface area contributed by atoms with Gasteiger partial charge in [0.2, 0.25) is 5.88 Å². The number of aromatic carboxylic acids is 1. The van der Waals surface area contributed by atoms with E-state index in [0.717, 1.165) is 6.07 Å². The van der Waals surface area contributed by atoms with Crippen LogP contribution in [-0.2, 0) is 7.05 Å². The molecule has 0 saturated heterocycles. The van der Waals surface area contributed by atoms with Crippen molar-refractivity contribution >= 4 is 5.97 Å². The number of halogens is 1. The monoisotopic (exact) mass is 275 g/mol. The molecule has 1 aromatic heterocycles. The first-order chi connectivity index (χ1) is 9.43. The molecular formula is C13H10FN3O3. The summed E-state index contributed by atoms with van der Waals surface area (Å²) < 4.78 is 20.1. The lowest BCUT2D eigenvalue weighted by Crippen LogP contribution is -2.02. The first-order valence-corrected chi connectivity index (χ1v) is 5.58. The van der Waals surface area contributed by atoms with E-state index >= 15 is 0 Å². The zero-order valence-corrected chi connectivity index (χ0v) is 10.7. The topological polar surface area (TPSA) is 88.1 Å². The van der Waals surface area contributed by atoms with Gasteiger partial charge < -0.3 is 9.84 Å². The molecule has 0 bridgehead atoms. The number of nitrogens with zero attached hydrogens (tertiary/aromatic N) is 3. The molecule has 0 amide bonds. The SMILES string of the molecule is Cc1nn(C)c(Oc2ccc(C#N)c(F)c2)c1C(=O)O. The highest BCUT2D eigenvalue weighted by atomic mass is 19.1. The Morgan fingerprint density at radius 3 is 2.80 bits per heavy atom. The van der Waals surface area contributed by atoms with Crippen LogP contribution in [0.5, 0.6) is 11.6 Å². The third kappa shape index (κ3) is 2.31.